The van der Waals surface area contributed by atoms with Gasteiger partial charge in [0.05, 0.1) is 0 Å². The van der Waals surface area contributed by atoms with Crippen LogP contribution in [0.3, 0.4) is 0 Å². The van der Waals surface area contributed by atoms with Gasteiger partial charge in [-0.3, -0.25) is 0 Å². The standard InChI is InChI=1S/C9H11F5O3S/c10-8(11)4-1-7(2-5-8)3-6-17-18(15,16)9(12,13)14/h3,6-7H,1-2,4-5H2. The molecule has 0 heterocycles. The van der Waals surface area contributed by atoms with Gasteiger partial charge in [0.2, 0.25) is 5.92 Å². The van der Waals surface area contributed by atoms with Crippen molar-refractivity contribution in [2.75, 3.05) is 0 Å². The Hall–Kier alpha value is -0.860. The summed E-state index contributed by atoms with van der Waals surface area (Å²) < 4.78 is 85.6. The van der Waals surface area contributed by atoms with E-state index in [-0.39, 0.29) is 25.7 Å². The Morgan fingerprint density at radius 1 is 1.17 bits per heavy atom. The zero-order valence-corrected chi connectivity index (χ0v) is 9.90. The number of hydrogen-bond acceptors (Lipinski definition) is 3. The van der Waals surface area contributed by atoms with Gasteiger partial charge < -0.3 is 4.18 Å². The number of halogens is 5. The lowest BCUT2D eigenvalue weighted by Gasteiger charge is -2.26. The molecule has 0 saturated heterocycles. The van der Waals surface area contributed by atoms with Gasteiger partial charge in [0, 0.05) is 12.8 Å². The van der Waals surface area contributed by atoms with Crippen LogP contribution in [-0.2, 0) is 14.3 Å². The van der Waals surface area contributed by atoms with Gasteiger partial charge in [-0.1, -0.05) is 0 Å². The Morgan fingerprint density at radius 2 is 1.67 bits per heavy atom. The highest BCUT2D eigenvalue weighted by Gasteiger charge is 2.47. The summed E-state index contributed by atoms with van der Waals surface area (Å²) in [6.45, 7) is 0. The number of alkyl halides is 5. The van der Waals surface area contributed by atoms with Gasteiger partial charge in [-0.25, -0.2) is 8.78 Å². The first kappa shape index (κ1) is 15.2. The van der Waals surface area contributed by atoms with Crippen LogP contribution in [0.4, 0.5) is 22.0 Å². The van der Waals surface area contributed by atoms with Crippen molar-refractivity contribution in [2.24, 2.45) is 5.92 Å². The Bertz CT molecular complexity index is 402. The normalized spacial score (nSPS) is 22.3. The van der Waals surface area contributed by atoms with Crippen LogP contribution in [0.2, 0.25) is 0 Å². The zero-order chi connectivity index (χ0) is 14.0. The predicted octanol–water partition coefficient (Wildman–Crippen LogP) is 3.19. The topological polar surface area (TPSA) is 43.4 Å². The molecule has 0 atom stereocenters. The molecule has 1 saturated carbocycles. The molecule has 0 aromatic carbocycles. The maximum atomic E-state index is 12.7. The molecule has 9 heteroatoms. The summed E-state index contributed by atoms with van der Waals surface area (Å²) >= 11 is 0. The smallest absolute Gasteiger partial charge is 0.384 e. The molecule has 0 aliphatic heterocycles. The molecule has 1 aliphatic carbocycles. The van der Waals surface area contributed by atoms with Crippen LogP contribution in [0.25, 0.3) is 0 Å². The Morgan fingerprint density at radius 3 is 2.11 bits per heavy atom. The van der Waals surface area contributed by atoms with Gasteiger partial charge in [0.25, 0.3) is 0 Å². The van der Waals surface area contributed by atoms with E-state index in [1.807, 2.05) is 0 Å². The first-order valence-electron chi connectivity index (χ1n) is 5.08. The molecule has 0 N–H and O–H groups in total. The maximum absolute atomic E-state index is 12.7. The Kier molecular flexibility index (Phi) is 4.24. The van der Waals surface area contributed by atoms with Crippen molar-refractivity contribution < 1.29 is 34.6 Å². The second-order valence-corrected chi connectivity index (χ2v) is 5.58. The van der Waals surface area contributed by atoms with Crippen molar-refractivity contribution in [3.8, 4) is 0 Å². The van der Waals surface area contributed by atoms with Crippen molar-refractivity contribution in [2.45, 2.75) is 37.1 Å². The molecule has 1 aliphatic rings. The van der Waals surface area contributed by atoms with Gasteiger partial charge in [-0.05, 0) is 24.8 Å². The fourth-order valence-electron chi connectivity index (χ4n) is 1.53. The van der Waals surface area contributed by atoms with E-state index in [0.29, 0.717) is 6.26 Å². The Labute approximate surface area is 101 Å². The van der Waals surface area contributed by atoms with E-state index >= 15 is 0 Å². The molecule has 0 radical (unpaired) electrons. The molecular weight excluding hydrogens is 283 g/mol. The summed E-state index contributed by atoms with van der Waals surface area (Å²) in [7, 11) is -5.66. The van der Waals surface area contributed by atoms with Crippen LogP contribution in [0.1, 0.15) is 25.7 Å². The van der Waals surface area contributed by atoms with Crippen LogP contribution >= 0.6 is 0 Å². The highest BCUT2D eigenvalue weighted by Crippen LogP contribution is 2.36. The van der Waals surface area contributed by atoms with Gasteiger partial charge in [0.1, 0.15) is 6.26 Å². The van der Waals surface area contributed by atoms with Crippen molar-refractivity contribution in [1.82, 2.24) is 0 Å². The lowest BCUT2D eigenvalue weighted by atomic mass is 9.87. The molecule has 0 amide bonds. The molecule has 106 valence electrons. The molecular formula is C9H11F5O3S. The molecule has 1 fully saturated rings. The molecule has 1 rings (SSSR count). The first-order valence-corrected chi connectivity index (χ1v) is 6.48. The number of rotatable bonds is 3. The third kappa shape index (κ3) is 4.11. The minimum atomic E-state index is -5.66. The fraction of sp³-hybridized carbons (Fsp3) is 0.778. The molecule has 0 spiro atoms. The molecule has 0 aromatic rings. The average molecular weight is 294 g/mol. The maximum Gasteiger partial charge on any atom is 0.534 e. The van der Waals surface area contributed by atoms with Crippen molar-refractivity contribution in [3.63, 3.8) is 0 Å². The summed E-state index contributed by atoms with van der Waals surface area (Å²) in [5.41, 5.74) is -5.49. The van der Waals surface area contributed by atoms with Gasteiger partial charge >= 0.3 is 15.6 Å². The molecule has 0 bridgehead atoms. The van der Waals surface area contributed by atoms with E-state index in [2.05, 4.69) is 4.18 Å². The summed E-state index contributed by atoms with van der Waals surface area (Å²) in [5.74, 6) is -3.14. The lowest BCUT2D eigenvalue weighted by molar-refractivity contribution is -0.0515. The monoisotopic (exact) mass is 294 g/mol. The van der Waals surface area contributed by atoms with E-state index in [0.717, 1.165) is 6.08 Å². The van der Waals surface area contributed by atoms with E-state index in [1.54, 1.807) is 0 Å². The SMILES string of the molecule is O=S(=O)(OC=CC1CCC(F)(F)CC1)C(F)(F)F. The van der Waals surface area contributed by atoms with Crippen LogP contribution < -0.4 is 0 Å². The van der Waals surface area contributed by atoms with E-state index in [1.165, 1.54) is 0 Å². The number of hydrogen-bond donors (Lipinski definition) is 0. The largest absolute Gasteiger partial charge is 0.534 e. The summed E-state index contributed by atoms with van der Waals surface area (Å²) in [6.07, 6.45) is 0.898. The summed E-state index contributed by atoms with van der Waals surface area (Å²) in [4.78, 5) is 0. The van der Waals surface area contributed by atoms with Crippen molar-refractivity contribution >= 4 is 10.1 Å². The average Bonchev–Trinajstić information content (AvgIpc) is 2.18. The minimum absolute atomic E-state index is 0.0823. The van der Waals surface area contributed by atoms with Crippen LogP contribution in [-0.4, -0.2) is 19.8 Å². The molecule has 3 nitrogen and oxygen atoms in total. The molecule has 0 aromatic heterocycles. The van der Waals surface area contributed by atoms with Gasteiger partial charge in [0.15, 0.2) is 0 Å². The predicted molar refractivity (Wildman–Crippen MR) is 52.1 cm³/mol. The van der Waals surface area contributed by atoms with Crippen LogP contribution in [0, 0.1) is 5.92 Å². The number of allylic oxidation sites excluding steroid dienone is 1. The third-order valence-corrected chi connectivity index (χ3v) is 3.51. The fourth-order valence-corrected chi connectivity index (χ4v) is 1.85. The molecule has 0 unspecified atom stereocenters. The minimum Gasteiger partial charge on any atom is -0.384 e. The Balaban J connectivity index is 2.48. The van der Waals surface area contributed by atoms with Crippen molar-refractivity contribution in [1.29, 1.82) is 0 Å². The highest BCUT2D eigenvalue weighted by atomic mass is 32.2. The van der Waals surface area contributed by atoms with Crippen molar-refractivity contribution in [3.05, 3.63) is 12.3 Å². The summed E-state index contributed by atoms with van der Waals surface area (Å²) in [6, 6.07) is 0. The van der Waals surface area contributed by atoms with E-state index in [4.69, 9.17) is 0 Å². The quantitative estimate of drug-likeness (QED) is 0.347. The summed E-state index contributed by atoms with van der Waals surface area (Å²) in [5, 5.41) is 0. The highest BCUT2D eigenvalue weighted by molar-refractivity contribution is 7.87. The van der Waals surface area contributed by atoms with Gasteiger partial charge in [-0.15, -0.1) is 0 Å². The van der Waals surface area contributed by atoms with Gasteiger partial charge in [-0.2, -0.15) is 21.6 Å². The van der Waals surface area contributed by atoms with Crippen LogP contribution in [0.15, 0.2) is 12.3 Å². The third-order valence-electron chi connectivity index (χ3n) is 2.58. The second-order valence-electron chi connectivity index (χ2n) is 4.02. The lowest BCUT2D eigenvalue weighted by Crippen LogP contribution is -2.25. The van der Waals surface area contributed by atoms with Crippen LogP contribution in [0.5, 0.6) is 0 Å². The second kappa shape index (κ2) is 5.02. The first-order chi connectivity index (χ1) is 8.04. The molecule has 18 heavy (non-hydrogen) atoms. The zero-order valence-electron chi connectivity index (χ0n) is 9.08. The van der Waals surface area contributed by atoms with E-state index < -0.39 is 27.5 Å². The van der Waals surface area contributed by atoms with E-state index in [9.17, 15) is 30.4 Å².